The molecule has 2 fully saturated rings. The average molecular weight is 423 g/mol. The highest BCUT2D eigenvalue weighted by Crippen LogP contribution is 2.23. The van der Waals surface area contributed by atoms with Crippen LogP contribution in [0.25, 0.3) is 0 Å². The number of nitrogens with one attached hydrogen (secondary N) is 1. The Kier molecular flexibility index (Phi) is 6.70. The Morgan fingerprint density at radius 3 is 2.21 bits per heavy atom. The van der Waals surface area contributed by atoms with Crippen LogP contribution in [-0.2, 0) is 14.8 Å². The summed E-state index contributed by atoms with van der Waals surface area (Å²) in [5, 5.41) is 0. The number of hydrogen-bond acceptors (Lipinski definition) is 3. The predicted octanol–water partition coefficient (Wildman–Crippen LogP) is 1.37. The summed E-state index contributed by atoms with van der Waals surface area (Å²) in [6.45, 7) is 12.4. The number of likely N-dealkylation sites (tertiary alicyclic amines) is 1. The third-order valence-corrected chi connectivity index (χ3v) is 8.81. The summed E-state index contributed by atoms with van der Waals surface area (Å²) in [6.07, 6.45) is 3.32. The van der Waals surface area contributed by atoms with Crippen molar-refractivity contribution in [3.05, 3.63) is 29.3 Å². The van der Waals surface area contributed by atoms with Crippen LogP contribution in [0.5, 0.6) is 0 Å². The van der Waals surface area contributed by atoms with Gasteiger partial charge >= 0.3 is 0 Å². The average Bonchev–Trinajstić information content (AvgIpc) is 2.69. The summed E-state index contributed by atoms with van der Waals surface area (Å²) < 4.78 is 27.6. The zero-order chi connectivity index (χ0) is 21.3. The van der Waals surface area contributed by atoms with E-state index in [4.69, 9.17) is 0 Å². The Hall–Kier alpha value is -1.44. The number of sulfonamides is 1. The fourth-order valence-corrected chi connectivity index (χ4v) is 6.25. The topological polar surface area (TPSA) is 62.1 Å². The van der Waals surface area contributed by atoms with E-state index in [0.29, 0.717) is 43.2 Å². The van der Waals surface area contributed by atoms with Crippen LogP contribution in [0.1, 0.15) is 51.2 Å². The van der Waals surface area contributed by atoms with Gasteiger partial charge in [-0.15, -0.1) is 0 Å². The number of benzene rings is 1. The summed E-state index contributed by atoms with van der Waals surface area (Å²) in [4.78, 5) is 16.8. The van der Waals surface area contributed by atoms with E-state index >= 15 is 0 Å². The summed E-state index contributed by atoms with van der Waals surface area (Å²) in [7, 11) is -3.48. The van der Waals surface area contributed by atoms with Crippen molar-refractivity contribution in [1.29, 1.82) is 0 Å². The molecule has 6 nitrogen and oxygen atoms in total. The molecule has 2 aliphatic rings. The first-order valence-corrected chi connectivity index (χ1v) is 12.3. The van der Waals surface area contributed by atoms with Crippen molar-refractivity contribution in [1.82, 2.24) is 9.21 Å². The highest BCUT2D eigenvalue weighted by Gasteiger charge is 2.39. The molecule has 0 saturated carbocycles. The van der Waals surface area contributed by atoms with E-state index in [-0.39, 0.29) is 11.9 Å². The normalized spacial score (nSPS) is 25.8. The molecular formula is C22H36N3O3S+. The van der Waals surface area contributed by atoms with E-state index in [0.717, 1.165) is 24.0 Å². The Balaban J connectivity index is 1.65. The molecule has 3 rings (SSSR count). The van der Waals surface area contributed by atoms with Gasteiger partial charge in [0.25, 0.3) is 5.91 Å². The van der Waals surface area contributed by atoms with Gasteiger partial charge in [0.2, 0.25) is 10.0 Å². The highest BCUT2D eigenvalue weighted by atomic mass is 32.2. The van der Waals surface area contributed by atoms with Crippen LogP contribution in [0.3, 0.4) is 0 Å². The molecule has 2 saturated heterocycles. The second-order valence-electron chi connectivity index (χ2n) is 8.90. The molecule has 1 aromatic carbocycles. The number of piperazine rings is 1. The van der Waals surface area contributed by atoms with Gasteiger partial charge in [-0.05, 0) is 77.1 Å². The van der Waals surface area contributed by atoms with Gasteiger partial charge in [0, 0.05) is 12.1 Å². The van der Waals surface area contributed by atoms with Crippen LogP contribution in [-0.4, -0.2) is 67.8 Å². The summed E-state index contributed by atoms with van der Waals surface area (Å²) in [5.74, 6) is 0.213. The number of rotatable bonds is 4. The third-order valence-electron chi connectivity index (χ3n) is 6.91. The smallest absolute Gasteiger partial charge is 0.281 e. The second kappa shape index (κ2) is 8.74. The summed E-state index contributed by atoms with van der Waals surface area (Å²) >= 11 is 0. The zero-order valence-electron chi connectivity index (χ0n) is 18.4. The Bertz CT molecular complexity index is 837. The quantitative estimate of drug-likeness (QED) is 0.797. The molecule has 1 amide bonds. The van der Waals surface area contributed by atoms with E-state index < -0.39 is 10.0 Å². The lowest BCUT2D eigenvalue weighted by molar-refractivity contribution is -0.918. The van der Waals surface area contributed by atoms with Crippen LogP contribution < -0.4 is 4.90 Å². The van der Waals surface area contributed by atoms with Gasteiger partial charge in [-0.3, -0.25) is 4.79 Å². The van der Waals surface area contributed by atoms with Gasteiger partial charge in [-0.2, -0.15) is 4.31 Å². The number of hydrogen-bond donors (Lipinski definition) is 1. The minimum Gasteiger partial charge on any atom is -0.332 e. The molecule has 0 aliphatic carbocycles. The fourth-order valence-electron chi connectivity index (χ4n) is 4.72. The number of quaternary nitrogens is 1. The first-order valence-electron chi connectivity index (χ1n) is 10.9. The van der Waals surface area contributed by atoms with E-state index in [1.165, 1.54) is 11.3 Å². The van der Waals surface area contributed by atoms with E-state index in [1.54, 1.807) is 16.4 Å². The summed E-state index contributed by atoms with van der Waals surface area (Å²) in [5.41, 5.74) is 2.08. The molecule has 0 radical (unpaired) electrons. The standard InChI is InChI=1S/C22H35N3O3S/c1-16-9-10-21(15-17(16)2)29(27,28)24-13-11-23(12-14-24)20(5)22(26)25-18(3)7-6-8-19(25)4/h9-10,15,18-20H,6-8,11-14H2,1-5H3/p+1/t18-,19-,20+/m0/s1. The minimum absolute atomic E-state index is 0.135. The molecule has 2 heterocycles. The Morgan fingerprint density at radius 2 is 1.66 bits per heavy atom. The maximum atomic E-state index is 13.2. The van der Waals surface area contributed by atoms with E-state index in [2.05, 4.69) is 18.7 Å². The maximum Gasteiger partial charge on any atom is 0.281 e. The monoisotopic (exact) mass is 422 g/mol. The molecule has 162 valence electrons. The fraction of sp³-hybridized carbons (Fsp3) is 0.682. The SMILES string of the molecule is Cc1ccc(S(=O)(=O)N2CC[NH+]([C@H](C)C(=O)N3[C@@H](C)CCC[C@@H]3C)CC2)cc1C. The van der Waals surface area contributed by atoms with Crippen LogP contribution in [0.4, 0.5) is 0 Å². The predicted molar refractivity (Wildman–Crippen MR) is 114 cm³/mol. The Morgan fingerprint density at radius 1 is 1.07 bits per heavy atom. The molecule has 2 aliphatic heterocycles. The van der Waals surface area contributed by atoms with Crippen molar-refractivity contribution in [3.8, 4) is 0 Å². The minimum atomic E-state index is -3.48. The molecule has 0 aromatic heterocycles. The zero-order valence-corrected chi connectivity index (χ0v) is 19.3. The van der Waals surface area contributed by atoms with Crippen LogP contribution >= 0.6 is 0 Å². The number of nitrogens with zero attached hydrogens (tertiary/aromatic N) is 2. The molecule has 29 heavy (non-hydrogen) atoms. The van der Waals surface area contributed by atoms with Gasteiger partial charge in [0.1, 0.15) is 0 Å². The largest absolute Gasteiger partial charge is 0.332 e. The lowest BCUT2D eigenvalue weighted by Gasteiger charge is -2.42. The molecule has 0 spiro atoms. The molecular weight excluding hydrogens is 386 g/mol. The lowest BCUT2D eigenvalue weighted by atomic mass is 9.96. The van der Waals surface area contributed by atoms with Crippen molar-refractivity contribution in [2.75, 3.05) is 26.2 Å². The van der Waals surface area contributed by atoms with Gasteiger partial charge in [0.15, 0.2) is 6.04 Å². The number of carbonyl (C=O) groups is 1. The lowest BCUT2D eigenvalue weighted by Crippen LogP contribution is -3.19. The number of carbonyl (C=O) groups excluding carboxylic acids is 1. The van der Waals surface area contributed by atoms with E-state index in [1.807, 2.05) is 26.8 Å². The van der Waals surface area contributed by atoms with Crippen LogP contribution in [0.15, 0.2) is 23.1 Å². The van der Waals surface area contributed by atoms with Crippen LogP contribution in [0.2, 0.25) is 0 Å². The maximum absolute atomic E-state index is 13.2. The van der Waals surface area contributed by atoms with E-state index in [9.17, 15) is 13.2 Å². The molecule has 0 unspecified atom stereocenters. The Labute approximate surface area is 175 Å². The molecule has 1 N–H and O–H groups in total. The van der Waals surface area contributed by atoms with Gasteiger partial charge in [-0.1, -0.05) is 6.07 Å². The molecule has 0 bridgehead atoms. The van der Waals surface area contributed by atoms with Crippen molar-refractivity contribution >= 4 is 15.9 Å². The molecule has 3 atom stereocenters. The number of aryl methyl sites for hydroxylation is 2. The van der Waals surface area contributed by atoms with Crippen molar-refractivity contribution < 1.29 is 18.1 Å². The first-order chi connectivity index (χ1) is 13.6. The summed E-state index contributed by atoms with van der Waals surface area (Å²) in [6, 6.07) is 5.77. The highest BCUT2D eigenvalue weighted by molar-refractivity contribution is 7.89. The van der Waals surface area contributed by atoms with Gasteiger partial charge in [0.05, 0.1) is 31.1 Å². The molecule has 7 heteroatoms. The van der Waals surface area contributed by atoms with Crippen LogP contribution in [0, 0.1) is 13.8 Å². The van der Waals surface area contributed by atoms with Crippen molar-refractivity contribution in [2.24, 2.45) is 0 Å². The number of amides is 1. The third kappa shape index (κ3) is 4.52. The first kappa shape index (κ1) is 22.2. The van der Waals surface area contributed by atoms with Gasteiger partial charge < -0.3 is 9.80 Å². The molecule has 1 aromatic rings. The van der Waals surface area contributed by atoms with Crippen molar-refractivity contribution in [3.63, 3.8) is 0 Å². The van der Waals surface area contributed by atoms with Crippen molar-refractivity contribution in [2.45, 2.75) is 76.9 Å². The number of piperidine rings is 1. The van der Waals surface area contributed by atoms with Gasteiger partial charge in [-0.25, -0.2) is 8.42 Å². The second-order valence-corrected chi connectivity index (χ2v) is 10.8.